The van der Waals surface area contributed by atoms with Crippen molar-refractivity contribution in [3.8, 4) is 5.75 Å². The average molecular weight is 248 g/mol. The molecular weight excluding hydrogens is 228 g/mol. The number of pyridine rings is 1. The fourth-order valence-electron chi connectivity index (χ4n) is 2.17. The van der Waals surface area contributed by atoms with Gasteiger partial charge in [0.2, 0.25) is 0 Å². The molecule has 1 unspecified atom stereocenters. The fourth-order valence-corrected chi connectivity index (χ4v) is 2.17. The molecule has 0 spiro atoms. The summed E-state index contributed by atoms with van der Waals surface area (Å²) < 4.78 is 5.74. The van der Waals surface area contributed by atoms with Crippen molar-refractivity contribution in [1.29, 1.82) is 5.41 Å². The Morgan fingerprint density at radius 1 is 1.56 bits per heavy atom. The van der Waals surface area contributed by atoms with Crippen LogP contribution >= 0.6 is 0 Å². The van der Waals surface area contributed by atoms with Crippen LogP contribution in [0, 0.1) is 5.41 Å². The molecule has 1 fully saturated rings. The summed E-state index contributed by atoms with van der Waals surface area (Å²) in [6.07, 6.45) is 5.37. The van der Waals surface area contributed by atoms with Crippen LogP contribution < -0.4 is 10.5 Å². The van der Waals surface area contributed by atoms with Crippen molar-refractivity contribution in [3.05, 3.63) is 24.0 Å². The van der Waals surface area contributed by atoms with Crippen LogP contribution in [0.2, 0.25) is 0 Å². The first-order valence-electron chi connectivity index (χ1n) is 6.30. The molecule has 0 amide bonds. The molecule has 2 rings (SSSR count). The van der Waals surface area contributed by atoms with Gasteiger partial charge in [0.05, 0.1) is 6.20 Å². The normalized spacial score (nSPS) is 20.6. The van der Waals surface area contributed by atoms with Crippen molar-refractivity contribution < 1.29 is 4.74 Å². The molecule has 5 heteroatoms. The van der Waals surface area contributed by atoms with Crippen molar-refractivity contribution in [1.82, 2.24) is 9.88 Å². The van der Waals surface area contributed by atoms with E-state index in [1.165, 1.54) is 19.3 Å². The maximum atomic E-state index is 7.26. The minimum atomic E-state index is -0.0198. The number of piperidine rings is 1. The highest BCUT2D eigenvalue weighted by atomic mass is 16.5. The van der Waals surface area contributed by atoms with Gasteiger partial charge in [0.1, 0.15) is 23.9 Å². The lowest BCUT2D eigenvalue weighted by molar-refractivity contribution is 0.125. The minimum Gasteiger partial charge on any atom is -0.490 e. The molecular formula is C13H20N4O. The van der Waals surface area contributed by atoms with E-state index in [4.69, 9.17) is 15.9 Å². The quantitative estimate of drug-likeness (QED) is 0.620. The predicted molar refractivity (Wildman–Crippen MR) is 71.0 cm³/mol. The molecule has 0 radical (unpaired) electrons. The molecule has 1 saturated heterocycles. The minimum absolute atomic E-state index is 0.0198. The second-order valence-electron chi connectivity index (χ2n) is 4.73. The Morgan fingerprint density at radius 2 is 2.39 bits per heavy atom. The molecule has 0 saturated carbocycles. The van der Waals surface area contributed by atoms with Crippen LogP contribution in [0.25, 0.3) is 0 Å². The van der Waals surface area contributed by atoms with Gasteiger partial charge in [-0.25, -0.2) is 4.98 Å². The third kappa shape index (κ3) is 3.20. The van der Waals surface area contributed by atoms with Crippen molar-refractivity contribution >= 4 is 5.84 Å². The smallest absolute Gasteiger partial charge is 0.141 e. The van der Waals surface area contributed by atoms with Crippen LogP contribution in [0.5, 0.6) is 5.75 Å². The van der Waals surface area contributed by atoms with E-state index in [2.05, 4.69) is 16.9 Å². The highest BCUT2D eigenvalue weighted by Crippen LogP contribution is 2.17. The maximum Gasteiger partial charge on any atom is 0.141 e. The fraction of sp³-hybridized carbons (Fsp3) is 0.538. The lowest BCUT2D eigenvalue weighted by Crippen LogP contribution is -2.40. The number of nitrogens with two attached hydrogens (primary N) is 1. The number of nitrogens with one attached hydrogen (secondary N) is 1. The molecule has 0 aliphatic carbocycles. The molecule has 1 aliphatic rings. The molecule has 1 atom stereocenters. The Hall–Kier alpha value is -1.62. The molecule has 0 bridgehead atoms. The summed E-state index contributed by atoms with van der Waals surface area (Å²) in [6.45, 7) is 1.84. The molecule has 98 valence electrons. The second kappa shape index (κ2) is 5.82. The summed E-state index contributed by atoms with van der Waals surface area (Å²) in [4.78, 5) is 6.42. The zero-order valence-electron chi connectivity index (χ0n) is 10.7. The third-order valence-electron chi connectivity index (χ3n) is 3.38. The molecule has 5 nitrogen and oxygen atoms in total. The standard InChI is InChI=1S/C13H20N4O/c1-17-7-3-2-4-10(17)9-18-11-5-6-12(13(14)15)16-8-11/h5-6,8,10H,2-4,7,9H2,1H3,(H3,14,15). The van der Waals surface area contributed by atoms with E-state index >= 15 is 0 Å². The number of nitrogen functional groups attached to an aromatic ring is 1. The first-order chi connectivity index (χ1) is 8.66. The summed E-state index contributed by atoms with van der Waals surface area (Å²) in [5.41, 5.74) is 5.83. The molecule has 18 heavy (non-hydrogen) atoms. The van der Waals surface area contributed by atoms with E-state index in [0.717, 1.165) is 12.3 Å². The van der Waals surface area contributed by atoms with Gasteiger partial charge in [-0.05, 0) is 38.6 Å². The van der Waals surface area contributed by atoms with Crippen LogP contribution in [0.1, 0.15) is 25.0 Å². The maximum absolute atomic E-state index is 7.26. The lowest BCUT2D eigenvalue weighted by Gasteiger charge is -2.32. The van der Waals surface area contributed by atoms with Crippen LogP contribution in [-0.2, 0) is 0 Å². The molecule has 1 aromatic rings. The van der Waals surface area contributed by atoms with Crippen molar-refractivity contribution in [2.75, 3.05) is 20.2 Å². The van der Waals surface area contributed by atoms with Gasteiger partial charge in [-0.3, -0.25) is 5.41 Å². The van der Waals surface area contributed by atoms with Gasteiger partial charge in [-0.15, -0.1) is 0 Å². The van der Waals surface area contributed by atoms with Gasteiger partial charge in [0.25, 0.3) is 0 Å². The highest BCUT2D eigenvalue weighted by molar-refractivity contribution is 5.92. The number of likely N-dealkylation sites (tertiary alicyclic amines) is 1. The summed E-state index contributed by atoms with van der Waals surface area (Å²) in [5, 5.41) is 7.26. The summed E-state index contributed by atoms with van der Waals surface area (Å²) in [6, 6.07) is 4.01. The average Bonchev–Trinajstić information content (AvgIpc) is 2.38. The predicted octanol–water partition coefficient (Wildman–Crippen LogP) is 1.23. The molecule has 0 aromatic carbocycles. The zero-order valence-corrected chi connectivity index (χ0v) is 10.7. The van der Waals surface area contributed by atoms with Crippen molar-refractivity contribution in [3.63, 3.8) is 0 Å². The number of hydrogen-bond donors (Lipinski definition) is 2. The lowest BCUT2D eigenvalue weighted by atomic mass is 10.0. The van der Waals surface area contributed by atoms with Crippen molar-refractivity contribution in [2.24, 2.45) is 5.73 Å². The van der Waals surface area contributed by atoms with Crippen LogP contribution in [0.4, 0.5) is 0 Å². The summed E-state index contributed by atoms with van der Waals surface area (Å²) in [7, 11) is 2.14. The van der Waals surface area contributed by atoms with Gasteiger partial charge in [0.15, 0.2) is 0 Å². The van der Waals surface area contributed by atoms with Gasteiger partial charge < -0.3 is 15.4 Å². The number of aromatic nitrogens is 1. The monoisotopic (exact) mass is 248 g/mol. The Balaban J connectivity index is 1.87. The first kappa shape index (κ1) is 12.8. The third-order valence-corrected chi connectivity index (χ3v) is 3.38. The number of rotatable bonds is 4. The topological polar surface area (TPSA) is 75.2 Å². The number of ether oxygens (including phenoxy) is 1. The first-order valence-corrected chi connectivity index (χ1v) is 6.30. The Kier molecular flexibility index (Phi) is 4.15. The number of amidine groups is 1. The highest BCUT2D eigenvalue weighted by Gasteiger charge is 2.19. The SMILES string of the molecule is CN1CCCCC1COc1ccc(C(=N)N)nc1. The van der Waals surface area contributed by atoms with Crippen LogP contribution in [0.3, 0.4) is 0 Å². The number of nitrogens with zero attached hydrogens (tertiary/aromatic N) is 2. The van der Waals surface area contributed by atoms with E-state index in [-0.39, 0.29) is 5.84 Å². The van der Waals surface area contributed by atoms with Crippen LogP contribution in [0.15, 0.2) is 18.3 Å². The van der Waals surface area contributed by atoms with Gasteiger partial charge in [-0.1, -0.05) is 6.42 Å². The molecule has 1 aliphatic heterocycles. The summed E-state index contributed by atoms with van der Waals surface area (Å²) >= 11 is 0. The van der Waals surface area contributed by atoms with Gasteiger partial charge in [0, 0.05) is 6.04 Å². The van der Waals surface area contributed by atoms with E-state index in [0.29, 0.717) is 18.3 Å². The summed E-state index contributed by atoms with van der Waals surface area (Å²) in [5.74, 6) is 0.715. The van der Waals surface area contributed by atoms with E-state index in [1.807, 2.05) is 6.07 Å². The van der Waals surface area contributed by atoms with E-state index < -0.39 is 0 Å². The Labute approximate surface area is 107 Å². The number of likely N-dealkylation sites (N-methyl/N-ethyl adjacent to an activating group) is 1. The second-order valence-corrected chi connectivity index (χ2v) is 4.73. The van der Waals surface area contributed by atoms with Crippen molar-refractivity contribution in [2.45, 2.75) is 25.3 Å². The van der Waals surface area contributed by atoms with E-state index in [1.54, 1.807) is 12.3 Å². The molecule has 1 aromatic heterocycles. The van der Waals surface area contributed by atoms with Gasteiger partial charge >= 0.3 is 0 Å². The number of hydrogen-bond acceptors (Lipinski definition) is 4. The molecule has 3 N–H and O–H groups in total. The van der Waals surface area contributed by atoms with Gasteiger partial charge in [-0.2, -0.15) is 0 Å². The molecule has 2 heterocycles. The largest absolute Gasteiger partial charge is 0.490 e. The Morgan fingerprint density at radius 3 is 3.00 bits per heavy atom. The van der Waals surface area contributed by atoms with Crippen LogP contribution in [-0.4, -0.2) is 42.0 Å². The van der Waals surface area contributed by atoms with E-state index in [9.17, 15) is 0 Å². The Bertz CT molecular complexity index is 404. The zero-order chi connectivity index (χ0) is 13.0.